The van der Waals surface area contributed by atoms with Gasteiger partial charge in [0.1, 0.15) is 5.75 Å². The summed E-state index contributed by atoms with van der Waals surface area (Å²) in [5, 5.41) is 0. The van der Waals surface area contributed by atoms with Crippen molar-refractivity contribution >= 4 is 11.7 Å². The molecule has 0 saturated heterocycles. The van der Waals surface area contributed by atoms with Gasteiger partial charge in [0.25, 0.3) is 0 Å². The van der Waals surface area contributed by atoms with Gasteiger partial charge in [0.15, 0.2) is 0 Å². The van der Waals surface area contributed by atoms with Crippen LogP contribution in [0.2, 0.25) is 0 Å². The van der Waals surface area contributed by atoms with Crippen molar-refractivity contribution in [2.75, 3.05) is 20.0 Å². The minimum atomic E-state index is -0.242. The second-order valence-electron chi connectivity index (χ2n) is 5.11. The van der Waals surface area contributed by atoms with E-state index in [1.165, 1.54) is 12.7 Å². The molecule has 2 aromatic rings. The first-order valence-electron chi connectivity index (χ1n) is 7.20. The second-order valence-corrected chi connectivity index (χ2v) is 5.11. The molecule has 0 radical (unpaired) electrons. The Hall–Kier alpha value is -2.49. The molecule has 0 unspecified atom stereocenters. The Balaban J connectivity index is 2.29. The maximum atomic E-state index is 11.4. The van der Waals surface area contributed by atoms with Gasteiger partial charge in [-0.2, -0.15) is 0 Å². The number of nitrogens with two attached hydrogens (primary N) is 1. The minimum Gasteiger partial charge on any atom is -0.496 e. The Kier molecular flexibility index (Phi) is 5.42. The molecule has 4 heteroatoms. The van der Waals surface area contributed by atoms with Crippen molar-refractivity contribution < 1.29 is 14.3 Å². The van der Waals surface area contributed by atoms with Crippen LogP contribution in [-0.4, -0.2) is 20.2 Å². The van der Waals surface area contributed by atoms with E-state index in [1.54, 1.807) is 7.11 Å². The fourth-order valence-electron chi connectivity index (χ4n) is 2.52. The van der Waals surface area contributed by atoms with Crippen LogP contribution in [0, 0.1) is 0 Å². The van der Waals surface area contributed by atoms with E-state index < -0.39 is 0 Å². The van der Waals surface area contributed by atoms with Crippen LogP contribution >= 0.6 is 0 Å². The summed E-state index contributed by atoms with van der Waals surface area (Å²) in [7, 11) is 3.03. The van der Waals surface area contributed by atoms with E-state index in [-0.39, 0.29) is 5.97 Å². The van der Waals surface area contributed by atoms with Gasteiger partial charge in [0.05, 0.1) is 14.2 Å². The maximum Gasteiger partial charge on any atom is 0.305 e. The summed E-state index contributed by atoms with van der Waals surface area (Å²) in [5.41, 5.74) is 9.81. The number of carbonyl (C=O) groups excluding carboxylic acids is 1. The molecule has 4 nitrogen and oxygen atoms in total. The largest absolute Gasteiger partial charge is 0.496 e. The fraction of sp³-hybridized carbons (Fsp3) is 0.278. The van der Waals surface area contributed by atoms with Gasteiger partial charge in [-0.25, -0.2) is 0 Å². The molecule has 0 saturated carbocycles. The van der Waals surface area contributed by atoms with Crippen molar-refractivity contribution in [3.8, 4) is 5.75 Å². The van der Waals surface area contributed by atoms with Gasteiger partial charge in [0, 0.05) is 24.1 Å². The Labute approximate surface area is 130 Å². The van der Waals surface area contributed by atoms with E-state index in [1.807, 2.05) is 30.3 Å². The molecule has 0 heterocycles. The molecule has 0 fully saturated rings. The van der Waals surface area contributed by atoms with E-state index >= 15 is 0 Å². The SMILES string of the molecule is COC(=O)CCc1cc(N)cc(Cc2ccccc2)c1OC. The first-order valence-corrected chi connectivity index (χ1v) is 7.20. The predicted octanol–water partition coefficient (Wildman–Crippen LogP) is 2.97. The number of aryl methyl sites for hydroxylation is 1. The van der Waals surface area contributed by atoms with E-state index in [0.717, 1.165) is 23.3 Å². The monoisotopic (exact) mass is 299 g/mol. The molecule has 0 bridgehead atoms. The lowest BCUT2D eigenvalue weighted by molar-refractivity contribution is -0.140. The first kappa shape index (κ1) is 15.9. The topological polar surface area (TPSA) is 61.5 Å². The zero-order chi connectivity index (χ0) is 15.9. The van der Waals surface area contributed by atoms with Crippen molar-refractivity contribution in [3.05, 3.63) is 59.2 Å². The van der Waals surface area contributed by atoms with E-state index in [2.05, 4.69) is 12.1 Å². The van der Waals surface area contributed by atoms with Gasteiger partial charge >= 0.3 is 5.97 Å². The van der Waals surface area contributed by atoms with Crippen LogP contribution in [0.5, 0.6) is 5.75 Å². The highest BCUT2D eigenvalue weighted by molar-refractivity contribution is 5.70. The number of methoxy groups -OCH3 is 2. The van der Waals surface area contributed by atoms with Crippen molar-refractivity contribution in [1.29, 1.82) is 0 Å². The zero-order valence-corrected chi connectivity index (χ0v) is 13.0. The third-order valence-corrected chi connectivity index (χ3v) is 3.53. The number of benzene rings is 2. The maximum absolute atomic E-state index is 11.4. The summed E-state index contributed by atoms with van der Waals surface area (Å²) >= 11 is 0. The van der Waals surface area contributed by atoms with Gasteiger partial charge in [-0.1, -0.05) is 30.3 Å². The quantitative estimate of drug-likeness (QED) is 0.658. The minimum absolute atomic E-state index is 0.242. The Morgan fingerprint density at radius 1 is 1.09 bits per heavy atom. The average Bonchev–Trinajstić information content (AvgIpc) is 2.53. The number of rotatable bonds is 6. The molecule has 22 heavy (non-hydrogen) atoms. The van der Waals surface area contributed by atoms with Crippen LogP contribution in [0.4, 0.5) is 5.69 Å². The number of nitrogen functional groups attached to an aromatic ring is 1. The lowest BCUT2D eigenvalue weighted by Crippen LogP contribution is -2.05. The van der Waals surface area contributed by atoms with Gasteiger partial charge in [-0.3, -0.25) is 4.79 Å². The highest BCUT2D eigenvalue weighted by Gasteiger charge is 2.13. The number of ether oxygens (including phenoxy) is 2. The Bertz CT molecular complexity index is 638. The molecule has 2 rings (SSSR count). The highest BCUT2D eigenvalue weighted by atomic mass is 16.5. The molecule has 2 aromatic carbocycles. The van der Waals surface area contributed by atoms with Crippen LogP contribution in [0.3, 0.4) is 0 Å². The summed E-state index contributed by atoms with van der Waals surface area (Å²) < 4.78 is 10.3. The van der Waals surface area contributed by atoms with Crippen LogP contribution in [0.25, 0.3) is 0 Å². The molecule has 2 N–H and O–H groups in total. The van der Waals surface area contributed by atoms with Crippen LogP contribution < -0.4 is 10.5 Å². The standard InChI is InChI=1S/C18H21NO3/c1-21-17(20)9-8-14-11-16(19)12-15(18(14)22-2)10-13-6-4-3-5-7-13/h3-7,11-12H,8-10,19H2,1-2H3. The number of esters is 1. The van der Waals surface area contributed by atoms with Crippen molar-refractivity contribution in [2.24, 2.45) is 0 Å². The van der Waals surface area contributed by atoms with E-state index in [4.69, 9.17) is 15.2 Å². The van der Waals surface area contributed by atoms with Crippen LogP contribution in [-0.2, 0) is 22.4 Å². The second kappa shape index (κ2) is 7.50. The summed E-state index contributed by atoms with van der Waals surface area (Å²) in [4.78, 5) is 11.4. The summed E-state index contributed by atoms with van der Waals surface area (Å²) in [6.07, 6.45) is 1.59. The molecular weight excluding hydrogens is 278 g/mol. The number of hydrogen-bond donors (Lipinski definition) is 1. The van der Waals surface area contributed by atoms with Gasteiger partial charge in [-0.05, 0) is 29.7 Å². The molecule has 0 aliphatic rings. The van der Waals surface area contributed by atoms with Crippen LogP contribution in [0.1, 0.15) is 23.1 Å². The average molecular weight is 299 g/mol. The Morgan fingerprint density at radius 2 is 1.77 bits per heavy atom. The predicted molar refractivity (Wildman–Crippen MR) is 87.0 cm³/mol. The molecule has 0 aliphatic heterocycles. The lowest BCUT2D eigenvalue weighted by atomic mass is 9.98. The number of hydrogen-bond acceptors (Lipinski definition) is 4. The number of carbonyl (C=O) groups is 1. The third kappa shape index (κ3) is 4.01. The zero-order valence-electron chi connectivity index (χ0n) is 13.0. The molecule has 0 amide bonds. The molecule has 0 aliphatic carbocycles. The van der Waals surface area contributed by atoms with E-state index in [9.17, 15) is 4.79 Å². The summed E-state index contributed by atoms with van der Waals surface area (Å²) in [6.45, 7) is 0. The van der Waals surface area contributed by atoms with Gasteiger partial charge in [0.2, 0.25) is 0 Å². The molecule has 116 valence electrons. The normalized spacial score (nSPS) is 10.3. The smallest absolute Gasteiger partial charge is 0.305 e. The first-order chi connectivity index (χ1) is 10.6. The fourth-order valence-corrected chi connectivity index (χ4v) is 2.52. The third-order valence-electron chi connectivity index (χ3n) is 3.53. The molecule has 0 spiro atoms. The lowest BCUT2D eigenvalue weighted by Gasteiger charge is -2.15. The van der Waals surface area contributed by atoms with Crippen molar-refractivity contribution in [2.45, 2.75) is 19.3 Å². The van der Waals surface area contributed by atoms with Gasteiger partial charge in [-0.15, -0.1) is 0 Å². The molecule has 0 aromatic heterocycles. The van der Waals surface area contributed by atoms with Crippen molar-refractivity contribution in [3.63, 3.8) is 0 Å². The molecular formula is C18H21NO3. The highest BCUT2D eigenvalue weighted by Crippen LogP contribution is 2.30. The summed E-state index contributed by atoms with van der Waals surface area (Å²) in [6, 6.07) is 13.9. The van der Waals surface area contributed by atoms with Crippen molar-refractivity contribution in [1.82, 2.24) is 0 Å². The molecule has 0 atom stereocenters. The van der Waals surface area contributed by atoms with Gasteiger partial charge < -0.3 is 15.2 Å². The number of anilines is 1. The van der Waals surface area contributed by atoms with E-state index in [0.29, 0.717) is 18.5 Å². The summed E-state index contributed by atoms with van der Waals surface area (Å²) in [5.74, 6) is 0.552. The Morgan fingerprint density at radius 3 is 2.41 bits per heavy atom. The van der Waals surface area contributed by atoms with Crippen LogP contribution in [0.15, 0.2) is 42.5 Å².